The summed E-state index contributed by atoms with van der Waals surface area (Å²) in [6, 6.07) is 2.01. The van der Waals surface area contributed by atoms with Crippen LogP contribution in [0.25, 0.3) is 11.5 Å². The van der Waals surface area contributed by atoms with Gasteiger partial charge in [0, 0.05) is 32.3 Å². The average Bonchev–Trinajstić information content (AvgIpc) is 2.82. The zero-order chi connectivity index (χ0) is 29.6. The van der Waals surface area contributed by atoms with Gasteiger partial charge in [0.15, 0.2) is 5.82 Å². The Morgan fingerprint density at radius 3 is 2.63 bits per heavy atom. The van der Waals surface area contributed by atoms with Gasteiger partial charge >= 0.3 is 6.18 Å². The number of hydrogen-bond donors (Lipinski definition) is 3. The van der Waals surface area contributed by atoms with Crippen molar-refractivity contribution in [2.75, 3.05) is 17.2 Å². The maximum atomic E-state index is 13.2. The highest BCUT2D eigenvalue weighted by atomic mass is 19.4. The van der Waals surface area contributed by atoms with E-state index < -0.39 is 73.4 Å². The fourth-order valence-corrected chi connectivity index (χ4v) is 2.13. The Labute approximate surface area is 183 Å². The molecule has 0 bridgehead atoms. The standard InChI is InChI=1S/C19H20F3N7O/c1-11-9-12(7-8-23-11)25-17-28-15(27-16(29-17)24-10-18(2,3)30)13-5-4-6-14(26-13)19(20,21)22/h4-9,30H,10H2,1-3H3,(H2,23,24,25,27,28,29)/i2D3,3D3,7D,8D,9D. The van der Waals surface area contributed by atoms with Gasteiger partial charge in [-0.05, 0) is 44.8 Å². The van der Waals surface area contributed by atoms with Crippen molar-refractivity contribution in [1.29, 1.82) is 0 Å². The summed E-state index contributed by atoms with van der Waals surface area (Å²) in [5, 5.41) is 15.3. The van der Waals surface area contributed by atoms with E-state index in [-0.39, 0.29) is 17.4 Å². The second kappa shape index (κ2) is 8.19. The van der Waals surface area contributed by atoms with Crippen molar-refractivity contribution < 1.29 is 30.6 Å². The topological polar surface area (TPSA) is 109 Å². The number of halogens is 3. The van der Waals surface area contributed by atoms with Gasteiger partial charge < -0.3 is 15.7 Å². The van der Waals surface area contributed by atoms with Crippen LogP contribution in [0, 0.1) is 6.92 Å². The lowest BCUT2D eigenvalue weighted by Crippen LogP contribution is -2.30. The van der Waals surface area contributed by atoms with E-state index in [4.69, 9.17) is 12.3 Å². The van der Waals surface area contributed by atoms with Crippen LogP contribution in [-0.2, 0) is 6.18 Å². The molecule has 0 aliphatic heterocycles. The van der Waals surface area contributed by atoms with Crippen molar-refractivity contribution >= 4 is 17.6 Å². The van der Waals surface area contributed by atoms with E-state index >= 15 is 0 Å². The monoisotopic (exact) mass is 428 g/mol. The van der Waals surface area contributed by atoms with E-state index in [9.17, 15) is 18.3 Å². The molecule has 0 spiro atoms. The molecule has 3 rings (SSSR count). The number of pyridine rings is 2. The third-order valence-corrected chi connectivity index (χ3v) is 3.35. The summed E-state index contributed by atoms with van der Waals surface area (Å²) in [7, 11) is 0. The minimum absolute atomic E-state index is 0.0612. The molecule has 0 saturated carbocycles. The molecule has 158 valence electrons. The first-order valence-corrected chi connectivity index (χ1v) is 8.23. The third kappa shape index (κ3) is 5.83. The molecule has 3 heterocycles. The van der Waals surface area contributed by atoms with Gasteiger partial charge in [-0.3, -0.25) is 4.98 Å². The lowest BCUT2D eigenvalue weighted by molar-refractivity contribution is -0.141. The summed E-state index contributed by atoms with van der Waals surface area (Å²) in [6.45, 7) is -6.54. The number of aliphatic hydroxyl groups is 1. The van der Waals surface area contributed by atoms with E-state index in [1.807, 2.05) is 0 Å². The van der Waals surface area contributed by atoms with Crippen LogP contribution in [0.1, 0.15) is 37.4 Å². The van der Waals surface area contributed by atoms with Crippen molar-refractivity contribution in [1.82, 2.24) is 24.9 Å². The Hall–Kier alpha value is -3.34. The Bertz CT molecular complexity index is 1340. The molecular formula is C19H20F3N7O. The van der Waals surface area contributed by atoms with Crippen LogP contribution in [0.4, 0.5) is 30.8 Å². The number of nitrogens with one attached hydrogen (secondary N) is 2. The summed E-state index contributed by atoms with van der Waals surface area (Å²) < 4.78 is 109. The van der Waals surface area contributed by atoms with E-state index in [2.05, 4.69) is 35.6 Å². The van der Waals surface area contributed by atoms with Crippen molar-refractivity contribution in [3.05, 3.63) is 47.8 Å². The van der Waals surface area contributed by atoms with Crippen LogP contribution in [0.5, 0.6) is 0 Å². The first kappa shape index (κ1) is 12.4. The first-order valence-electron chi connectivity index (χ1n) is 12.7. The van der Waals surface area contributed by atoms with Crippen molar-refractivity contribution in [2.45, 2.75) is 32.4 Å². The molecule has 3 N–H and O–H groups in total. The minimum atomic E-state index is -4.82. The highest BCUT2D eigenvalue weighted by Gasteiger charge is 2.32. The number of rotatable bonds is 6. The molecule has 0 aromatic carbocycles. The largest absolute Gasteiger partial charge is 0.433 e. The quantitative estimate of drug-likeness (QED) is 0.547. The van der Waals surface area contributed by atoms with Crippen molar-refractivity contribution in [3.8, 4) is 11.5 Å². The predicted octanol–water partition coefficient (Wildman–Crippen LogP) is 3.58. The Balaban J connectivity index is 2.14. The van der Waals surface area contributed by atoms with E-state index in [0.717, 1.165) is 12.1 Å². The van der Waals surface area contributed by atoms with Crippen LogP contribution in [-0.4, -0.2) is 42.2 Å². The van der Waals surface area contributed by atoms with Crippen molar-refractivity contribution in [2.24, 2.45) is 0 Å². The van der Waals surface area contributed by atoms with Crippen molar-refractivity contribution in [3.63, 3.8) is 0 Å². The van der Waals surface area contributed by atoms with Gasteiger partial charge in [0.1, 0.15) is 11.4 Å². The van der Waals surface area contributed by atoms with Crippen LogP contribution in [0.3, 0.4) is 0 Å². The van der Waals surface area contributed by atoms with Gasteiger partial charge in [-0.25, -0.2) is 4.98 Å². The highest BCUT2D eigenvalue weighted by Crippen LogP contribution is 2.29. The Morgan fingerprint density at radius 2 is 1.90 bits per heavy atom. The normalized spacial score (nSPS) is 17.2. The van der Waals surface area contributed by atoms with Crippen LogP contribution < -0.4 is 10.6 Å². The first-order chi connectivity index (χ1) is 17.7. The van der Waals surface area contributed by atoms with Gasteiger partial charge in [-0.15, -0.1) is 0 Å². The molecule has 0 aliphatic carbocycles. The maximum Gasteiger partial charge on any atom is 0.433 e. The molecular weight excluding hydrogens is 399 g/mol. The SMILES string of the molecule is [2H]c1nc(C)c([2H])c(Nc2nc(NCC(O)(C([2H])([2H])[2H])C([2H])([2H])[2H])nc(-c3cccc(C(F)(F)F)n3)n2)c1[2H]. The van der Waals surface area contributed by atoms with E-state index in [1.165, 1.54) is 6.92 Å². The molecule has 0 atom stereocenters. The number of anilines is 3. The smallest absolute Gasteiger partial charge is 0.389 e. The van der Waals surface area contributed by atoms with Gasteiger partial charge in [0.25, 0.3) is 0 Å². The lowest BCUT2D eigenvalue weighted by atomic mass is 10.1. The summed E-state index contributed by atoms with van der Waals surface area (Å²) in [6.07, 6.45) is -5.32. The number of aryl methyl sites for hydroxylation is 1. The van der Waals surface area contributed by atoms with Gasteiger partial charge in [0.2, 0.25) is 11.9 Å². The number of hydrogen-bond acceptors (Lipinski definition) is 8. The molecule has 3 aromatic rings. The zero-order valence-corrected chi connectivity index (χ0v) is 15.3. The summed E-state index contributed by atoms with van der Waals surface area (Å²) >= 11 is 0. The van der Waals surface area contributed by atoms with Crippen LogP contribution in [0.15, 0.2) is 36.5 Å². The average molecular weight is 428 g/mol. The lowest BCUT2D eigenvalue weighted by Gasteiger charge is -2.18. The molecule has 0 unspecified atom stereocenters. The summed E-state index contributed by atoms with van der Waals surface area (Å²) in [4.78, 5) is 19.0. The minimum Gasteiger partial charge on any atom is -0.389 e. The van der Waals surface area contributed by atoms with E-state index in [0.29, 0.717) is 6.07 Å². The third-order valence-electron chi connectivity index (χ3n) is 3.35. The number of aromatic nitrogens is 5. The summed E-state index contributed by atoms with van der Waals surface area (Å²) in [5.74, 6) is -1.56. The van der Waals surface area contributed by atoms with Gasteiger partial charge in [-0.1, -0.05) is 6.07 Å². The van der Waals surface area contributed by atoms with Gasteiger partial charge in [0.05, 0.1) is 9.71 Å². The molecule has 0 aliphatic rings. The second-order valence-electron chi connectivity index (χ2n) is 5.98. The van der Waals surface area contributed by atoms with Gasteiger partial charge in [-0.2, -0.15) is 28.1 Å². The molecule has 30 heavy (non-hydrogen) atoms. The Kier molecular flexibility index (Phi) is 3.38. The second-order valence-corrected chi connectivity index (χ2v) is 5.98. The molecule has 0 fully saturated rings. The molecule has 11 heteroatoms. The zero-order valence-electron chi connectivity index (χ0n) is 24.3. The molecule has 8 nitrogen and oxygen atoms in total. The summed E-state index contributed by atoms with van der Waals surface area (Å²) in [5.41, 5.74) is -5.20. The fraction of sp³-hybridized carbons (Fsp3) is 0.316. The predicted molar refractivity (Wildman–Crippen MR) is 105 cm³/mol. The molecule has 0 saturated heterocycles. The number of nitrogens with zero attached hydrogens (tertiary/aromatic N) is 5. The van der Waals surface area contributed by atoms with Crippen LogP contribution >= 0.6 is 0 Å². The fourth-order valence-electron chi connectivity index (χ4n) is 2.13. The highest BCUT2D eigenvalue weighted by molar-refractivity contribution is 5.59. The molecule has 0 amide bonds. The molecule has 3 aromatic heterocycles. The number of alkyl halides is 3. The molecule has 0 radical (unpaired) electrons. The van der Waals surface area contributed by atoms with E-state index in [1.54, 1.807) is 0 Å². The van der Waals surface area contributed by atoms with Crippen LogP contribution in [0.2, 0.25) is 0 Å². The Morgan fingerprint density at radius 1 is 1.13 bits per heavy atom. The maximum absolute atomic E-state index is 13.2.